The van der Waals surface area contributed by atoms with Gasteiger partial charge in [-0.3, -0.25) is 4.90 Å². The molecule has 20 heavy (non-hydrogen) atoms. The van der Waals surface area contributed by atoms with Gasteiger partial charge >= 0.3 is 0 Å². The molecule has 1 aliphatic carbocycles. The van der Waals surface area contributed by atoms with E-state index < -0.39 is 0 Å². The highest BCUT2D eigenvalue weighted by Crippen LogP contribution is 2.51. The van der Waals surface area contributed by atoms with E-state index in [4.69, 9.17) is 9.73 Å². The molecular weight excluding hydrogens is 248 g/mol. The predicted octanol–water partition coefficient (Wildman–Crippen LogP) is 3.14. The molecule has 104 valence electrons. The number of aliphatic imine (C=N–C) groups is 1. The van der Waals surface area contributed by atoms with E-state index >= 15 is 0 Å². The van der Waals surface area contributed by atoms with Gasteiger partial charge in [0.25, 0.3) is 0 Å². The first-order chi connectivity index (χ1) is 9.76. The first kappa shape index (κ1) is 12.2. The van der Waals surface area contributed by atoms with E-state index in [1.165, 1.54) is 17.5 Å². The average molecular weight is 268 g/mol. The van der Waals surface area contributed by atoms with Crippen LogP contribution in [0.25, 0.3) is 0 Å². The van der Waals surface area contributed by atoms with Crippen LogP contribution in [0.3, 0.4) is 0 Å². The molecule has 2 heterocycles. The van der Waals surface area contributed by atoms with Crippen molar-refractivity contribution in [3.63, 3.8) is 0 Å². The number of likely N-dealkylation sites (tertiary alicyclic amines) is 1. The third kappa shape index (κ3) is 1.73. The van der Waals surface area contributed by atoms with Gasteiger partial charge in [-0.1, -0.05) is 18.2 Å². The van der Waals surface area contributed by atoms with E-state index in [0.29, 0.717) is 17.9 Å². The lowest BCUT2D eigenvalue weighted by atomic mass is 9.70. The second-order valence-electron chi connectivity index (χ2n) is 6.15. The highest BCUT2D eigenvalue weighted by Gasteiger charge is 2.42. The molecule has 0 aromatic heterocycles. The number of ether oxygens (including phenoxy) is 1. The molecule has 1 aromatic carbocycles. The summed E-state index contributed by atoms with van der Waals surface area (Å²) in [4.78, 5) is 7.33. The van der Waals surface area contributed by atoms with Crippen molar-refractivity contribution in [1.29, 1.82) is 0 Å². The first-order valence-electron chi connectivity index (χ1n) is 7.44. The van der Waals surface area contributed by atoms with Crippen molar-refractivity contribution in [2.45, 2.75) is 25.3 Å². The van der Waals surface area contributed by atoms with Crippen LogP contribution in [0.2, 0.25) is 0 Å². The van der Waals surface area contributed by atoms with Crippen molar-refractivity contribution in [1.82, 2.24) is 4.90 Å². The molecule has 0 saturated carbocycles. The summed E-state index contributed by atoms with van der Waals surface area (Å²) in [6, 6.07) is 6.77. The maximum absolute atomic E-state index is 5.84. The fourth-order valence-electron chi connectivity index (χ4n) is 4.13. The van der Waals surface area contributed by atoms with Gasteiger partial charge in [-0.2, -0.15) is 0 Å². The van der Waals surface area contributed by atoms with Crippen LogP contribution in [0.4, 0.5) is 0 Å². The van der Waals surface area contributed by atoms with Crippen LogP contribution in [0.5, 0.6) is 5.75 Å². The summed E-state index contributed by atoms with van der Waals surface area (Å²) in [5.41, 5.74) is 2.81. The summed E-state index contributed by atoms with van der Waals surface area (Å²) in [6.45, 7) is 9.08. The molecule has 1 saturated heterocycles. The second-order valence-corrected chi connectivity index (χ2v) is 6.15. The molecule has 3 aliphatic rings. The van der Waals surface area contributed by atoms with Crippen molar-refractivity contribution in [3.8, 4) is 5.75 Å². The first-order valence-corrected chi connectivity index (χ1v) is 7.44. The largest absolute Gasteiger partial charge is 0.443 e. The van der Waals surface area contributed by atoms with Crippen molar-refractivity contribution >= 4 is 5.90 Å². The fourth-order valence-corrected chi connectivity index (χ4v) is 4.13. The quantitative estimate of drug-likeness (QED) is 0.770. The lowest BCUT2D eigenvalue weighted by Gasteiger charge is -2.46. The lowest BCUT2D eigenvalue weighted by molar-refractivity contribution is 0.136. The number of piperidine rings is 1. The van der Waals surface area contributed by atoms with Crippen LogP contribution >= 0.6 is 0 Å². The van der Waals surface area contributed by atoms with Crippen molar-refractivity contribution in [3.05, 3.63) is 42.0 Å². The lowest BCUT2D eigenvalue weighted by Crippen LogP contribution is -2.45. The molecule has 1 aromatic rings. The molecule has 4 rings (SSSR count). The molecule has 3 atom stereocenters. The third-order valence-corrected chi connectivity index (χ3v) is 4.81. The molecule has 1 fully saturated rings. The standard InChI is InChI=1S/C17H20N2O/c1-3-7-19-9-12-8-13(10-19)17-16-14(12)5-4-6-15(16)20-11(2)18-17/h3-6,12-13,17H,1,7-10H2,2H3. The van der Waals surface area contributed by atoms with E-state index in [1.807, 2.05) is 13.0 Å². The van der Waals surface area contributed by atoms with Crippen LogP contribution in [-0.4, -0.2) is 30.4 Å². The molecule has 3 heteroatoms. The molecule has 3 nitrogen and oxygen atoms in total. The predicted molar refractivity (Wildman–Crippen MR) is 80.4 cm³/mol. The van der Waals surface area contributed by atoms with E-state index in [2.05, 4.69) is 29.7 Å². The van der Waals surface area contributed by atoms with Crippen molar-refractivity contribution in [2.75, 3.05) is 19.6 Å². The third-order valence-electron chi connectivity index (χ3n) is 4.81. The average Bonchev–Trinajstić information content (AvgIpc) is 2.44. The smallest absolute Gasteiger partial charge is 0.187 e. The molecule has 2 aliphatic heterocycles. The maximum Gasteiger partial charge on any atom is 0.187 e. The molecular formula is C17H20N2O. The molecule has 0 radical (unpaired) electrons. The molecule has 2 bridgehead atoms. The molecule has 0 N–H and O–H groups in total. The Balaban J connectivity index is 1.81. The minimum atomic E-state index is 0.291. The highest BCUT2D eigenvalue weighted by atomic mass is 16.5. The Hall–Kier alpha value is -1.61. The summed E-state index contributed by atoms with van der Waals surface area (Å²) in [5, 5.41) is 0. The number of fused-ring (bicyclic) bond motifs is 4. The van der Waals surface area contributed by atoms with Gasteiger partial charge in [0, 0.05) is 32.1 Å². The highest BCUT2D eigenvalue weighted by molar-refractivity contribution is 5.79. The van der Waals surface area contributed by atoms with E-state index in [0.717, 1.165) is 31.3 Å². The van der Waals surface area contributed by atoms with Crippen molar-refractivity contribution < 1.29 is 4.74 Å². The van der Waals surface area contributed by atoms with Gasteiger partial charge in [0.1, 0.15) is 5.75 Å². The number of nitrogens with zero attached hydrogens (tertiary/aromatic N) is 2. The Morgan fingerprint density at radius 2 is 2.35 bits per heavy atom. The normalized spacial score (nSPS) is 31.1. The van der Waals surface area contributed by atoms with Crippen molar-refractivity contribution in [2.24, 2.45) is 10.9 Å². The van der Waals surface area contributed by atoms with Gasteiger partial charge in [-0.25, -0.2) is 4.99 Å². The van der Waals surface area contributed by atoms with Gasteiger partial charge in [0.05, 0.1) is 6.04 Å². The Morgan fingerprint density at radius 3 is 3.20 bits per heavy atom. The zero-order valence-corrected chi connectivity index (χ0v) is 11.9. The second kappa shape index (κ2) is 4.45. The van der Waals surface area contributed by atoms with E-state index in [-0.39, 0.29) is 0 Å². The summed E-state index contributed by atoms with van der Waals surface area (Å²) >= 11 is 0. The van der Waals surface area contributed by atoms with Gasteiger partial charge in [-0.05, 0) is 29.9 Å². The van der Waals surface area contributed by atoms with Gasteiger partial charge in [0.15, 0.2) is 5.90 Å². The Kier molecular flexibility index (Phi) is 2.71. The molecule has 3 unspecified atom stereocenters. The fraction of sp³-hybridized carbons (Fsp3) is 0.471. The van der Waals surface area contributed by atoms with Crippen LogP contribution in [0, 0.1) is 5.92 Å². The summed E-state index contributed by atoms with van der Waals surface area (Å²) in [5.74, 6) is 3.07. The minimum absolute atomic E-state index is 0.291. The summed E-state index contributed by atoms with van der Waals surface area (Å²) < 4.78 is 5.84. The Bertz CT molecular complexity index is 593. The van der Waals surface area contributed by atoms with Gasteiger partial charge in [-0.15, -0.1) is 6.58 Å². The van der Waals surface area contributed by atoms with E-state index in [9.17, 15) is 0 Å². The number of hydrogen-bond acceptors (Lipinski definition) is 3. The Labute approximate surface area is 120 Å². The summed E-state index contributed by atoms with van der Waals surface area (Å²) in [6.07, 6.45) is 3.27. The maximum atomic E-state index is 5.84. The number of rotatable bonds is 2. The zero-order chi connectivity index (χ0) is 13.7. The topological polar surface area (TPSA) is 24.8 Å². The minimum Gasteiger partial charge on any atom is -0.443 e. The van der Waals surface area contributed by atoms with E-state index in [1.54, 1.807) is 0 Å². The van der Waals surface area contributed by atoms with Gasteiger partial charge in [0.2, 0.25) is 0 Å². The Morgan fingerprint density at radius 1 is 1.45 bits per heavy atom. The van der Waals surface area contributed by atoms with Crippen LogP contribution in [0.15, 0.2) is 35.8 Å². The molecule has 0 spiro atoms. The number of benzene rings is 1. The summed E-state index contributed by atoms with van der Waals surface area (Å²) in [7, 11) is 0. The monoisotopic (exact) mass is 268 g/mol. The van der Waals surface area contributed by atoms with Gasteiger partial charge < -0.3 is 4.74 Å². The SMILES string of the molecule is C=CCN1CC2CC(C1)C1N=C(C)Oc3cccc2c31. The van der Waals surface area contributed by atoms with Crippen LogP contribution < -0.4 is 4.74 Å². The zero-order valence-electron chi connectivity index (χ0n) is 11.9. The number of hydrogen-bond donors (Lipinski definition) is 0. The van der Waals surface area contributed by atoms with Crippen LogP contribution in [-0.2, 0) is 0 Å². The van der Waals surface area contributed by atoms with Crippen LogP contribution in [0.1, 0.15) is 36.4 Å². The molecule has 0 amide bonds.